The molecule has 13 nitrogen and oxygen atoms in total. The number of ether oxygens (including phenoxy) is 2. The van der Waals surface area contributed by atoms with Gasteiger partial charge in [0.1, 0.15) is 11.5 Å². The highest BCUT2D eigenvalue weighted by molar-refractivity contribution is 6.15. The van der Waals surface area contributed by atoms with Gasteiger partial charge in [-0.1, -0.05) is 0 Å². The molecule has 0 spiro atoms. The van der Waals surface area contributed by atoms with E-state index in [4.69, 9.17) is 9.47 Å². The molecule has 5 aliphatic rings. The fourth-order valence-electron chi connectivity index (χ4n) is 5.28. The maximum absolute atomic E-state index is 14.8. The summed E-state index contributed by atoms with van der Waals surface area (Å²) in [5.74, 6) is -1.24. The van der Waals surface area contributed by atoms with Crippen LogP contribution in [0.2, 0.25) is 0 Å². The van der Waals surface area contributed by atoms with Crippen LogP contribution in [0.15, 0.2) is 36.5 Å². The molecule has 14 heteroatoms. The standard InChI is InChI=1S/C29H31FN8O5/c1-29-26(40)31-8-4-9-37(2)15-24(39)38-10-7-16-11-23(42-3)20(13-21(16)38)35-28-32-14-18(30)25(36-28)33-17-5-6-22(43-29)19(12-17)34-27(29)41/h5-6,11-14H,4,7-10,15H2,1-3H3,(H,31,40)(H,34,41)(H2,32,33,35,36). The first-order valence-electron chi connectivity index (χ1n) is 13.8. The zero-order chi connectivity index (χ0) is 30.3. The molecule has 1 unspecified atom stereocenters. The molecule has 224 valence electrons. The van der Waals surface area contributed by atoms with Crippen LogP contribution in [0.4, 0.5) is 38.9 Å². The van der Waals surface area contributed by atoms with Gasteiger partial charge in [0, 0.05) is 31.0 Å². The van der Waals surface area contributed by atoms with Gasteiger partial charge in [-0.25, -0.2) is 9.37 Å². The number of fused-ring (bicyclic) bond motifs is 2. The Kier molecular flexibility index (Phi) is 7.22. The Morgan fingerprint density at radius 1 is 1.05 bits per heavy atom. The number of halogens is 1. The average Bonchev–Trinajstić information content (AvgIpc) is 3.39. The van der Waals surface area contributed by atoms with E-state index in [1.165, 1.54) is 6.92 Å². The summed E-state index contributed by atoms with van der Waals surface area (Å²) in [6.45, 7) is 2.91. The molecule has 0 aliphatic carbocycles. The van der Waals surface area contributed by atoms with Crippen LogP contribution in [0.3, 0.4) is 0 Å². The topological polar surface area (TPSA) is 150 Å². The third-order valence-electron chi connectivity index (χ3n) is 7.67. The predicted molar refractivity (Wildman–Crippen MR) is 157 cm³/mol. The second kappa shape index (κ2) is 11.0. The number of rotatable bonds is 1. The van der Waals surface area contributed by atoms with Crippen LogP contribution in [0.25, 0.3) is 0 Å². The highest BCUT2D eigenvalue weighted by Crippen LogP contribution is 2.39. The Labute approximate surface area is 246 Å². The molecule has 6 heterocycles. The SMILES string of the molecule is COc1cc2c3cc1Nc1ncc(F)c(n1)Nc1ccc4c(c1)NC(=O)C(C)(O4)C(=O)NCCCN(C)CC(=O)N3CC2. The van der Waals surface area contributed by atoms with Gasteiger partial charge in [0.2, 0.25) is 11.9 Å². The lowest BCUT2D eigenvalue weighted by molar-refractivity contribution is -0.146. The minimum absolute atomic E-state index is 0.0792. The molecule has 43 heavy (non-hydrogen) atoms. The van der Waals surface area contributed by atoms with Crippen molar-refractivity contribution in [2.75, 3.05) is 61.2 Å². The molecule has 1 atom stereocenters. The summed E-state index contributed by atoms with van der Waals surface area (Å²) in [6.07, 6.45) is 2.25. The molecule has 5 aliphatic heterocycles. The van der Waals surface area contributed by atoms with Crippen LogP contribution in [0.1, 0.15) is 18.9 Å². The largest absolute Gasteiger partial charge is 0.495 e. The van der Waals surface area contributed by atoms with E-state index in [0.29, 0.717) is 48.7 Å². The molecule has 3 amide bonds. The minimum Gasteiger partial charge on any atom is -0.495 e. The number of aromatic nitrogens is 2. The molecule has 0 radical (unpaired) electrons. The van der Waals surface area contributed by atoms with Crippen molar-refractivity contribution in [1.82, 2.24) is 20.2 Å². The Bertz CT molecular complexity index is 1630. The van der Waals surface area contributed by atoms with Crippen LogP contribution in [0, 0.1) is 5.82 Å². The lowest BCUT2D eigenvalue weighted by Gasteiger charge is -2.33. The first kappa shape index (κ1) is 28.2. The van der Waals surface area contributed by atoms with Gasteiger partial charge >= 0.3 is 0 Å². The van der Waals surface area contributed by atoms with Crippen LogP contribution >= 0.6 is 0 Å². The van der Waals surface area contributed by atoms with E-state index in [1.54, 1.807) is 30.2 Å². The molecule has 2 aromatic carbocycles. The molecular formula is C29H31FN8O5. The van der Waals surface area contributed by atoms with E-state index >= 15 is 0 Å². The summed E-state index contributed by atoms with van der Waals surface area (Å²) in [7, 11) is 3.37. The normalized spacial score (nSPS) is 20.6. The number of likely N-dealkylation sites (N-methyl/N-ethyl adjacent to an activating group) is 1. The molecule has 1 aromatic heterocycles. The second-order valence-electron chi connectivity index (χ2n) is 10.8. The van der Waals surface area contributed by atoms with E-state index in [-0.39, 0.29) is 36.5 Å². The highest BCUT2D eigenvalue weighted by atomic mass is 19.1. The Morgan fingerprint density at radius 3 is 2.70 bits per heavy atom. The monoisotopic (exact) mass is 590 g/mol. The smallest absolute Gasteiger partial charge is 0.278 e. The summed E-state index contributed by atoms with van der Waals surface area (Å²) in [5.41, 5.74) is 1.15. The number of nitrogens with zero attached hydrogens (tertiary/aromatic N) is 4. The molecule has 0 saturated heterocycles. The number of amides is 3. The number of hydrogen-bond acceptors (Lipinski definition) is 10. The van der Waals surface area contributed by atoms with Crippen LogP contribution < -0.4 is 35.6 Å². The highest BCUT2D eigenvalue weighted by Gasteiger charge is 2.47. The zero-order valence-corrected chi connectivity index (χ0v) is 23.9. The van der Waals surface area contributed by atoms with Crippen molar-refractivity contribution in [2.24, 2.45) is 0 Å². The van der Waals surface area contributed by atoms with E-state index in [9.17, 15) is 18.8 Å². The number of methoxy groups -OCH3 is 1. The molecular weight excluding hydrogens is 559 g/mol. The van der Waals surface area contributed by atoms with Gasteiger partial charge in [0.15, 0.2) is 11.6 Å². The Hall–Kier alpha value is -4.98. The molecule has 8 rings (SSSR count). The number of carbonyl (C=O) groups is 3. The van der Waals surface area contributed by atoms with E-state index < -0.39 is 23.2 Å². The maximum atomic E-state index is 14.8. The summed E-state index contributed by atoms with van der Waals surface area (Å²) in [5, 5.41) is 11.5. The minimum atomic E-state index is -1.79. The maximum Gasteiger partial charge on any atom is 0.278 e. The van der Waals surface area contributed by atoms with E-state index in [2.05, 4.69) is 31.2 Å². The van der Waals surface area contributed by atoms with Crippen molar-refractivity contribution in [2.45, 2.75) is 25.4 Å². The fraction of sp³-hybridized carbons (Fsp3) is 0.345. The lowest BCUT2D eigenvalue weighted by atomic mass is 10.0. The van der Waals surface area contributed by atoms with Crippen molar-refractivity contribution < 1.29 is 28.2 Å². The summed E-state index contributed by atoms with van der Waals surface area (Å²) < 4.78 is 26.3. The van der Waals surface area contributed by atoms with Crippen LogP contribution in [0.5, 0.6) is 11.5 Å². The van der Waals surface area contributed by atoms with Gasteiger partial charge in [0.25, 0.3) is 17.4 Å². The van der Waals surface area contributed by atoms with Gasteiger partial charge in [0.05, 0.1) is 31.2 Å². The van der Waals surface area contributed by atoms with Crippen molar-refractivity contribution in [3.8, 4) is 11.5 Å². The number of hydrogen-bond donors (Lipinski definition) is 4. The predicted octanol–water partition coefficient (Wildman–Crippen LogP) is 2.54. The van der Waals surface area contributed by atoms with Gasteiger partial charge in [-0.15, -0.1) is 0 Å². The van der Waals surface area contributed by atoms with Crippen LogP contribution in [-0.4, -0.2) is 78.5 Å². The number of benzene rings is 2. The Balaban J connectivity index is 1.36. The second-order valence-corrected chi connectivity index (χ2v) is 10.8. The molecule has 4 N–H and O–H groups in total. The van der Waals surface area contributed by atoms with Gasteiger partial charge < -0.3 is 35.6 Å². The fourth-order valence-corrected chi connectivity index (χ4v) is 5.28. The molecule has 8 bridgehead atoms. The number of anilines is 6. The van der Waals surface area contributed by atoms with Crippen molar-refractivity contribution in [1.29, 1.82) is 0 Å². The zero-order valence-electron chi connectivity index (χ0n) is 23.9. The van der Waals surface area contributed by atoms with Crippen molar-refractivity contribution in [3.05, 3.63) is 47.9 Å². The molecule has 0 saturated carbocycles. The van der Waals surface area contributed by atoms with Crippen molar-refractivity contribution >= 4 is 52.2 Å². The first-order chi connectivity index (χ1) is 20.6. The third kappa shape index (κ3) is 5.36. The summed E-state index contributed by atoms with van der Waals surface area (Å²) in [6, 6.07) is 8.42. The quantitative estimate of drug-likeness (QED) is 0.312. The van der Waals surface area contributed by atoms with Gasteiger partial charge in [-0.05, 0) is 62.7 Å². The first-order valence-corrected chi connectivity index (χ1v) is 13.8. The number of carbonyl (C=O) groups excluding carboxylic acids is 3. The van der Waals surface area contributed by atoms with Gasteiger partial charge in [-0.3, -0.25) is 19.3 Å². The van der Waals surface area contributed by atoms with Gasteiger partial charge in [-0.2, -0.15) is 4.98 Å². The molecule has 0 fully saturated rings. The summed E-state index contributed by atoms with van der Waals surface area (Å²) >= 11 is 0. The van der Waals surface area contributed by atoms with E-state index in [1.807, 2.05) is 24.1 Å². The summed E-state index contributed by atoms with van der Waals surface area (Å²) in [4.78, 5) is 51.3. The molecule has 3 aromatic rings. The average molecular weight is 591 g/mol. The van der Waals surface area contributed by atoms with E-state index in [0.717, 1.165) is 17.4 Å². The van der Waals surface area contributed by atoms with Crippen LogP contribution in [-0.2, 0) is 20.8 Å². The third-order valence-corrected chi connectivity index (χ3v) is 7.67. The lowest BCUT2D eigenvalue weighted by Crippen LogP contribution is -2.58. The van der Waals surface area contributed by atoms with Crippen molar-refractivity contribution in [3.63, 3.8) is 0 Å². The number of nitrogens with one attached hydrogen (secondary N) is 4. The Morgan fingerprint density at radius 2 is 1.88 bits per heavy atom.